The molecular formula is C22H31N3O4S. The Hall–Kier alpha value is -2.09. The summed E-state index contributed by atoms with van der Waals surface area (Å²) in [6.45, 7) is 6.62. The lowest BCUT2D eigenvalue weighted by Gasteiger charge is -2.38. The number of nitrogens with zero attached hydrogens (tertiary/aromatic N) is 2. The Morgan fingerprint density at radius 2 is 1.67 bits per heavy atom. The standard InChI is InChI=1S/C22H31N3O4S/c1-15-11-16(2)14-25(13-15)20-12-18(23-21(26)17-3-4-17)5-6-19(20)22(27)24-7-9-30(28,29)10-8-24/h5-6,12,15-17H,3-4,7-11,13-14H2,1-2H3,(H,23,26). The van der Waals surface area contributed by atoms with Crippen molar-refractivity contribution in [3.8, 4) is 0 Å². The number of nitrogens with one attached hydrogen (secondary N) is 1. The van der Waals surface area contributed by atoms with Crippen molar-refractivity contribution in [1.29, 1.82) is 0 Å². The lowest BCUT2D eigenvalue weighted by atomic mass is 9.91. The fourth-order valence-corrected chi connectivity index (χ4v) is 5.79. The fourth-order valence-electron chi connectivity index (χ4n) is 4.59. The zero-order valence-corrected chi connectivity index (χ0v) is 18.6. The third kappa shape index (κ3) is 4.79. The molecule has 2 heterocycles. The molecule has 2 amide bonds. The van der Waals surface area contributed by atoms with Crippen molar-refractivity contribution in [2.75, 3.05) is 47.9 Å². The highest BCUT2D eigenvalue weighted by molar-refractivity contribution is 7.91. The van der Waals surface area contributed by atoms with Crippen molar-refractivity contribution in [2.45, 2.75) is 33.1 Å². The molecule has 8 heteroatoms. The van der Waals surface area contributed by atoms with Crippen molar-refractivity contribution < 1.29 is 18.0 Å². The van der Waals surface area contributed by atoms with E-state index in [0.29, 0.717) is 23.1 Å². The molecule has 1 saturated carbocycles. The lowest BCUT2D eigenvalue weighted by molar-refractivity contribution is -0.117. The van der Waals surface area contributed by atoms with Gasteiger partial charge in [0.15, 0.2) is 9.84 Å². The molecule has 0 bridgehead atoms. The van der Waals surface area contributed by atoms with Gasteiger partial charge < -0.3 is 15.1 Å². The van der Waals surface area contributed by atoms with Gasteiger partial charge in [-0.15, -0.1) is 0 Å². The van der Waals surface area contributed by atoms with E-state index in [2.05, 4.69) is 24.1 Å². The molecule has 1 aromatic rings. The van der Waals surface area contributed by atoms with E-state index in [0.717, 1.165) is 38.0 Å². The topological polar surface area (TPSA) is 86.8 Å². The van der Waals surface area contributed by atoms with Gasteiger partial charge in [0.05, 0.1) is 22.8 Å². The van der Waals surface area contributed by atoms with E-state index in [1.807, 2.05) is 6.07 Å². The Balaban J connectivity index is 1.62. The summed E-state index contributed by atoms with van der Waals surface area (Å²) in [6, 6.07) is 5.49. The second-order valence-electron chi connectivity index (χ2n) is 9.29. The summed E-state index contributed by atoms with van der Waals surface area (Å²) >= 11 is 0. The molecule has 164 valence electrons. The quantitative estimate of drug-likeness (QED) is 0.788. The van der Waals surface area contributed by atoms with Crippen molar-refractivity contribution in [1.82, 2.24) is 4.90 Å². The molecule has 0 aromatic heterocycles. The predicted octanol–water partition coefficient (Wildman–Crippen LogP) is 2.39. The van der Waals surface area contributed by atoms with Gasteiger partial charge in [-0.2, -0.15) is 0 Å². The molecule has 2 atom stereocenters. The van der Waals surface area contributed by atoms with Crippen molar-refractivity contribution >= 4 is 33.0 Å². The van der Waals surface area contributed by atoms with Crippen molar-refractivity contribution in [3.63, 3.8) is 0 Å². The Morgan fingerprint density at radius 3 is 2.27 bits per heavy atom. The molecule has 3 aliphatic rings. The van der Waals surface area contributed by atoms with Crippen LogP contribution in [0.3, 0.4) is 0 Å². The molecule has 0 radical (unpaired) electrons. The summed E-state index contributed by atoms with van der Waals surface area (Å²) < 4.78 is 23.5. The van der Waals surface area contributed by atoms with Gasteiger partial charge in [0.25, 0.3) is 5.91 Å². The highest BCUT2D eigenvalue weighted by Crippen LogP contribution is 2.34. The van der Waals surface area contributed by atoms with Gasteiger partial charge in [-0.25, -0.2) is 8.42 Å². The van der Waals surface area contributed by atoms with E-state index in [1.54, 1.807) is 17.0 Å². The Morgan fingerprint density at radius 1 is 1.03 bits per heavy atom. The minimum absolute atomic E-state index is 0.0153. The summed E-state index contributed by atoms with van der Waals surface area (Å²) in [7, 11) is -3.05. The minimum atomic E-state index is -3.05. The highest BCUT2D eigenvalue weighted by Gasteiger charge is 2.32. The van der Waals surface area contributed by atoms with E-state index >= 15 is 0 Å². The number of carbonyl (C=O) groups is 2. The van der Waals surface area contributed by atoms with Crippen LogP contribution < -0.4 is 10.2 Å². The maximum atomic E-state index is 13.3. The minimum Gasteiger partial charge on any atom is -0.370 e. The molecule has 2 aliphatic heterocycles. The number of hydrogen-bond acceptors (Lipinski definition) is 5. The van der Waals surface area contributed by atoms with Crippen LogP contribution in [0, 0.1) is 17.8 Å². The first-order chi connectivity index (χ1) is 14.2. The molecule has 2 saturated heterocycles. The lowest BCUT2D eigenvalue weighted by Crippen LogP contribution is -2.45. The monoisotopic (exact) mass is 433 g/mol. The maximum absolute atomic E-state index is 13.3. The van der Waals surface area contributed by atoms with Crippen molar-refractivity contribution in [3.05, 3.63) is 23.8 Å². The first-order valence-corrected chi connectivity index (χ1v) is 12.7. The van der Waals surface area contributed by atoms with Crippen LogP contribution in [0.25, 0.3) is 0 Å². The number of amides is 2. The van der Waals surface area contributed by atoms with Gasteiger partial charge in [0.2, 0.25) is 5.91 Å². The number of rotatable bonds is 4. The fraction of sp³-hybridized carbons (Fsp3) is 0.636. The Labute approximate surface area is 178 Å². The number of piperidine rings is 1. The Kier molecular flexibility index (Phi) is 5.79. The summed E-state index contributed by atoms with van der Waals surface area (Å²) in [5, 5.41) is 2.99. The summed E-state index contributed by atoms with van der Waals surface area (Å²) in [4.78, 5) is 29.4. The molecular weight excluding hydrogens is 402 g/mol. The second-order valence-corrected chi connectivity index (χ2v) is 11.6. The molecule has 4 rings (SSSR count). The largest absolute Gasteiger partial charge is 0.370 e. The van der Waals surface area contributed by atoms with E-state index < -0.39 is 9.84 Å². The van der Waals surface area contributed by atoms with Crippen LogP contribution in [-0.2, 0) is 14.6 Å². The number of hydrogen-bond donors (Lipinski definition) is 1. The van der Waals surface area contributed by atoms with Gasteiger partial charge >= 0.3 is 0 Å². The smallest absolute Gasteiger partial charge is 0.256 e. The average molecular weight is 434 g/mol. The van der Waals surface area contributed by atoms with Gasteiger partial charge in [-0.3, -0.25) is 9.59 Å². The zero-order valence-electron chi connectivity index (χ0n) is 17.8. The van der Waals surface area contributed by atoms with Crippen molar-refractivity contribution in [2.24, 2.45) is 17.8 Å². The maximum Gasteiger partial charge on any atom is 0.256 e. The van der Waals surface area contributed by atoms with E-state index in [4.69, 9.17) is 0 Å². The van der Waals surface area contributed by atoms with Crippen LogP contribution >= 0.6 is 0 Å². The van der Waals surface area contributed by atoms with Gasteiger partial charge in [0, 0.05) is 37.8 Å². The van der Waals surface area contributed by atoms with Crippen LogP contribution in [0.1, 0.15) is 43.5 Å². The molecule has 30 heavy (non-hydrogen) atoms. The van der Waals surface area contributed by atoms with E-state index in [9.17, 15) is 18.0 Å². The third-order valence-electron chi connectivity index (χ3n) is 6.28. The normalized spacial score (nSPS) is 26.3. The SMILES string of the molecule is CC1CC(C)CN(c2cc(NC(=O)C3CC3)ccc2C(=O)N2CCS(=O)(=O)CC2)C1. The summed E-state index contributed by atoms with van der Waals surface area (Å²) in [5.74, 6) is 1.08. The highest BCUT2D eigenvalue weighted by atomic mass is 32.2. The zero-order chi connectivity index (χ0) is 21.5. The van der Waals surface area contributed by atoms with Crippen LogP contribution in [-0.4, -0.2) is 62.8 Å². The van der Waals surface area contributed by atoms with Gasteiger partial charge in [-0.05, 0) is 49.3 Å². The molecule has 0 spiro atoms. The molecule has 7 nitrogen and oxygen atoms in total. The molecule has 1 aromatic carbocycles. The number of benzene rings is 1. The second kappa shape index (κ2) is 8.21. The average Bonchev–Trinajstić information content (AvgIpc) is 3.52. The predicted molar refractivity (Wildman–Crippen MR) is 118 cm³/mol. The van der Waals surface area contributed by atoms with Gasteiger partial charge in [-0.1, -0.05) is 13.8 Å². The van der Waals surface area contributed by atoms with E-state index in [1.165, 1.54) is 0 Å². The third-order valence-corrected chi connectivity index (χ3v) is 7.89. The first kappa shape index (κ1) is 21.2. The number of sulfone groups is 1. The summed E-state index contributed by atoms with van der Waals surface area (Å²) in [6.07, 6.45) is 3.03. The van der Waals surface area contributed by atoms with Crippen LogP contribution in [0.5, 0.6) is 0 Å². The summed E-state index contributed by atoms with van der Waals surface area (Å²) in [5.41, 5.74) is 2.13. The van der Waals surface area contributed by atoms with Gasteiger partial charge in [0.1, 0.15) is 0 Å². The van der Waals surface area contributed by atoms with Crippen LogP contribution in [0.4, 0.5) is 11.4 Å². The number of carbonyl (C=O) groups excluding carboxylic acids is 2. The van der Waals surface area contributed by atoms with Crippen LogP contribution in [0.2, 0.25) is 0 Å². The Bertz CT molecular complexity index is 918. The molecule has 1 aliphatic carbocycles. The number of anilines is 2. The first-order valence-electron chi connectivity index (χ1n) is 10.9. The molecule has 3 fully saturated rings. The van der Waals surface area contributed by atoms with Crippen LogP contribution in [0.15, 0.2) is 18.2 Å². The molecule has 2 unspecified atom stereocenters. The van der Waals surface area contributed by atoms with E-state index in [-0.39, 0.29) is 42.3 Å². The molecule has 1 N–H and O–H groups in total.